The average molecular weight is 455 g/mol. The van der Waals surface area contributed by atoms with E-state index in [1.807, 2.05) is 26.0 Å². The number of nitrogens with two attached hydrogens (primary N) is 2. The van der Waals surface area contributed by atoms with E-state index in [0.29, 0.717) is 35.5 Å². The lowest BCUT2D eigenvalue weighted by molar-refractivity contribution is -0.145. The van der Waals surface area contributed by atoms with Crippen molar-refractivity contribution >= 4 is 45.9 Å². The molecule has 0 aromatic carbocycles. The molecule has 1 saturated heterocycles. The first-order valence-electron chi connectivity index (χ1n) is 10.7. The largest absolute Gasteiger partial charge is 0.383 e. The fourth-order valence-electron chi connectivity index (χ4n) is 3.83. The molecule has 170 valence electrons. The van der Waals surface area contributed by atoms with Crippen LogP contribution in [0.3, 0.4) is 0 Å². The van der Waals surface area contributed by atoms with Crippen molar-refractivity contribution in [3.8, 4) is 0 Å². The molecule has 2 aromatic heterocycles. The Morgan fingerprint density at radius 1 is 1.38 bits per heavy atom. The number of thiazole rings is 1. The van der Waals surface area contributed by atoms with Crippen LogP contribution >= 0.6 is 11.3 Å². The molecule has 1 fully saturated rings. The fraction of sp³-hybridized carbons (Fsp3) is 0.391. The van der Waals surface area contributed by atoms with E-state index in [9.17, 15) is 9.59 Å². The standard InChI is InChI=1S/C23H30N6O2S/c1-5-16-10-17(11-26-20(16)24)28-21(30)22(31)29-12-13(2)6-8-18(29)14(3)7-9-19-15(4)27-23(25)32-19/h7,9-11,13,18H,3,5-6,8,12H2,1-2,4H3,(H2,24,26)(H2,25,27)(H,28,30)/b9-7-/t13-,18+/m1/s1. The molecule has 32 heavy (non-hydrogen) atoms. The van der Waals surface area contributed by atoms with Crippen LogP contribution in [0.1, 0.15) is 42.8 Å². The number of aryl methyl sites for hydroxylation is 2. The Balaban J connectivity index is 1.75. The molecule has 2 amide bonds. The van der Waals surface area contributed by atoms with E-state index >= 15 is 0 Å². The van der Waals surface area contributed by atoms with Gasteiger partial charge in [0.15, 0.2) is 5.13 Å². The minimum atomic E-state index is -0.694. The van der Waals surface area contributed by atoms with E-state index in [2.05, 4.69) is 28.8 Å². The van der Waals surface area contributed by atoms with Gasteiger partial charge in [0.2, 0.25) is 0 Å². The zero-order chi connectivity index (χ0) is 23.4. The normalized spacial score (nSPS) is 18.7. The maximum absolute atomic E-state index is 13.1. The van der Waals surface area contributed by atoms with Crippen LogP contribution in [-0.4, -0.2) is 39.3 Å². The van der Waals surface area contributed by atoms with Crippen molar-refractivity contribution < 1.29 is 9.59 Å². The molecule has 0 saturated carbocycles. The summed E-state index contributed by atoms with van der Waals surface area (Å²) in [6.07, 6.45) is 7.64. The Morgan fingerprint density at radius 2 is 2.12 bits per heavy atom. The van der Waals surface area contributed by atoms with Gasteiger partial charge in [0.1, 0.15) is 5.82 Å². The Kier molecular flexibility index (Phi) is 7.29. The Bertz CT molecular complexity index is 1060. The molecule has 8 nitrogen and oxygen atoms in total. The summed E-state index contributed by atoms with van der Waals surface area (Å²) in [4.78, 5) is 36.7. The van der Waals surface area contributed by atoms with Crippen molar-refractivity contribution in [1.29, 1.82) is 0 Å². The zero-order valence-electron chi connectivity index (χ0n) is 18.7. The molecule has 0 unspecified atom stereocenters. The highest BCUT2D eigenvalue weighted by Crippen LogP contribution is 2.28. The second-order valence-corrected chi connectivity index (χ2v) is 9.20. The number of pyridine rings is 1. The molecule has 5 N–H and O–H groups in total. The molecule has 9 heteroatoms. The molecule has 2 aromatic rings. The molecule has 2 atom stereocenters. The molecule has 3 heterocycles. The summed E-state index contributed by atoms with van der Waals surface area (Å²) in [7, 11) is 0. The Labute approximate surface area is 192 Å². The topological polar surface area (TPSA) is 127 Å². The minimum Gasteiger partial charge on any atom is -0.383 e. The second-order valence-electron chi connectivity index (χ2n) is 8.14. The smallest absolute Gasteiger partial charge is 0.313 e. The molecule has 0 spiro atoms. The number of nitrogens with zero attached hydrogens (tertiary/aromatic N) is 3. The molecule has 3 rings (SSSR count). The van der Waals surface area contributed by atoms with Gasteiger partial charge in [0, 0.05) is 6.54 Å². The number of carbonyl (C=O) groups is 2. The lowest BCUT2D eigenvalue weighted by Crippen LogP contribution is -2.50. The van der Waals surface area contributed by atoms with Crippen LogP contribution in [0.2, 0.25) is 0 Å². The van der Waals surface area contributed by atoms with E-state index in [-0.39, 0.29) is 6.04 Å². The number of carbonyl (C=O) groups excluding carboxylic acids is 2. The summed E-state index contributed by atoms with van der Waals surface area (Å²) in [6.45, 7) is 10.6. The van der Waals surface area contributed by atoms with Gasteiger partial charge in [-0.05, 0) is 55.4 Å². The van der Waals surface area contributed by atoms with E-state index in [0.717, 1.165) is 34.5 Å². The summed E-state index contributed by atoms with van der Waals surface area (Å²) in [5, 5.41) is 3.18. The number of nitrogen functional groups attached to an aromatic ring is 2. The third-order valence-electron chi connectivity index (χ3n) is 5.64. The van der Waals surface area contributed by atoms with Gasteiger partial charge in [-0.25, -0.2) is 9.97 Å². The van der Waals surface area contributed by atoms with Crippen LogP contribution in [0.25, 0.3) is 6.08 Å². The number of aromatic nitrogens is 2. The van der Waals surface area contributed by atoms with Crippen LogP contribution in [0.4, 0.5) is 16.6 Å². The minimum absolute atomic E-state index is 0.248. The summed E-state index contributed by atoms with van der Waals surface area (Å²) >= 11 is 1.40. The Hall–Kier alpha value is -3.20. The van der Waals surface area contributed by atoms with Crippen LogP contribution in [0.15, 0.2) is 30.5 Å². The fourth-order valence-corrected chi connectivity index (χ4v) is 4.57. The van der Waals surface area contributed by atoms with Gasteiger partial charge >= 0.3 is 11.8 Å². The number of likely N-dealkylation sites (tertiary alicyclic amines) is 1. The van der Waals surface area contributed by atoms with Crippen LogP contribution in [-0.2, 0) is 16.0 Å². The van der Waals surface area contributed by atoms with E-state index < -0.39 is 11.8 Å². The van der Waals surface area contributed by atoms with Gasteiger partial charge in [-0.3, -0.25) is 9.59 Å². The third-order valence-corrected chi connectivity index (χ3v) is 6.59. The first-order valence-corrected chi connectivity index (χ1v) is 11.5. The molecule has 1 aliphatic heterocycles. The van der Waals surface area contributed by atoms with E-state index in [1.165, 1.54) is 17.5 Å². The monoisotopic (exact) mass is 454 g/mol. The van der Waals surface area contributed by atoms with Crippen molar-refractivity contribution in [2.24, 2.45) is 5.92 Å². The molecule has 0 aliphatic carbocycles. The molecule has 0 radical (unpaired) electrons. The van der Waals surface area contributed by atoms with Crippen LogP contribution < -0.4 is 16.8 Å². The number of amides is 2. The molecular formula is C23H30N6O2S. The average Bonchev–Trinajstić information content (AvgIpc) is 3.09. The quantitative estimate of drug-likeness (QED) is 0.469. The maximum atomic E-state index is 13.1. The molecule has 1 aliphatic rings. The van der Waals surface area contributed by atoms with Crippen molar-refractivity contribution in [3.05, 3.63) is 46.6 Å². The Morgan fingerprint density at radius 3 is 2.78 bits per heavy atom. The predicted molar refractivity (Wildman–Crippen MR) is 130 cm³/mol. The van der Waals surface area contributed by atoms with Crippen LogP contribution in [0, 0.1) is 12.8 Å². The highest BCUT2D eigenvalue weighted by molar-refractivity contribution is 7.16. The SMILES string of the molecule is C=C(/C=C\c1sc(N)nc1C)[C@@H]1CC[C@@H](C)CN1C(=O)C(=O)Nc1cnc(N)c(CC)c1. The number of hydrogen-bond donors (Lipinski definition) is 3. The molecular weight excluding hydrogens is 424 g/mol. The number of piperidine rings is 1. The van der Waals surface area contributed by atoms with Crippen molar-refractivity contribution in [2.75, 3.05) is 23.3 Å². The highest BCUT2D eigenvalue weighted by atomic mass is 32.1. The van der Waals surface area contributed by atoms with Gasteiger partial charge in [0.05, 0.1) is 28.5 Å². The van der Waals surface area contributed by atoms with Gasteiger partial charge in [-0.1, -0.05) is 37.8 Å². The van der Waals surface area contributed by atoms with Crippen molar-refractivity contribution in [1.82, 2.24) is 14.9 Å². The zero-order valence-corrected chi connectivity index (χ0v) is 19.5. The summed E-state index contributed by atoms with van der Waals surface area (Å²) in [5.74, 6) is -0.555. The lowest BCUT2D eigenvalue weighted by Gasteiger charge is -2.38. The van der Waals surface area contributed by atoms with Gasteiger partial charge in [0.25, 0.3) is 0 Å². The number of rotatable bonds is 5. The summed E-state index contributed by atoms with van der Waals surface area (Å²) < 4.78 is 0. The number of nitrogens with one attached hydrogen (secondary N) is 1. The van der Waals surface area contributed by atoms with Gasteiger partial charge in [-0.15, -0.1) is 0 Å². The van der Waals surface area contributed by atoms with Crippen LogP contribution in [0.5, 0.6) is 0 Å². The van der Waals surface area contributed by atoms with Crippen molar-refractivity contribution in [2.45, 2.75) is 46.1 Å². The first kappa shape index (κ1) is 23.5. The third kappa shape index (κ3) is 5.34. The summed E-state index contributed by atoms with van der Waals surface area (Å²) in [6, 6.07) is 1.50. The van der Waals surface area contributed by atoms with Gasteiger partial charge < -0.3 is 21.7 Å². The first-order chi connectivity index (χ1) is 15.2. The summed E-state index contributed by atoms with van der Waals surface area (Å²) in [5.41, 5.74) is 14.5. The van der Waals surface area contributed by atoms with E-state index in [4.69, 9.17) is 11.5 Å². The second kappa shape index (κ2) is 9.95. The molecule has 0 bridgehead atoms. The van der Waals surface area contributed by atoms with Crippen molar-refractivity contribution in [3.63, 3.8) is 0 Å². The number of hydrogen-bond acceptors (Lipinski definition) is 7. The predicted octanol–water partition coefficient (Wildman–Crippen LogP) is 3.41. The van der Waals surface area contributed by atoms with Gasteiger partial charge in [-0.2, -0.15) is 0 Å². The lowest BCUT2D eigenvalue weighted by atomic mass is 9.90. The highest BCUT2D eigenvalue weighted by Gasteiger charge is 2.34. The number of anilines is 3. The van der Waals surface area contributed by atoms with E-state index in [1.54, 1.807) is 11.0 Å². The maximum Gasteiger partial charge on any atom is 0.313 e.